The third kappa shape index (κ3) is 4.89. The Labute approximate surface area is 119 Å². The number of rotatable bonds is 5. The van der Waals surface area contributed by atoms with Crippen molar-refractivity contribution in [2.75, 3.05) is 7.11 Å². The van der Waals surface area contributed by atoms with Crippen LogP contribution in [-0.2, 0) is 13.1 Å². The van der Waals surface area contributed by atoms with Gasteiger partial charge in [0.1, 0.15) is 24.7 Å². The Hall–Kier alpha value is -1.58. The molecule has 0 aliphatic carbocycles. The van der Waals surface area contributed by atoms with E-state index in [-0.39, 0.29) is 18.2 Å². The van der Waals surface area contributed by atoms with Crippen LogP contribution in [0.3, 0.4) is 0 Å². The summed E-state index contributed by atoms with van der Waals surface area (Å²) in [5.74, 6) is 0.689. The molecule has 0 saturated heterocycles. The third-order valence-corrected chi connectivity index (χ3v) is 2.81. The molecule has 2 N–H and O–H groups in total. The highest BCUT2D eigenvalue weighted by molar-refractivity contribution is 5.27. The number of benzene rings is 2. The van der Waals surface area contributed by atoms with E-state index in [4.69, 9.17) is 4.74 Å². The molecule has 0 fully saturated rings. The van der Waals surface area contributed by atoms with Crippen molar-refractivity contribution in [3.63, 3.8) is 0 Å². The molecule has 2 nitrogen and oxygen atoms in total. The van der Waals surface area contributed by atoms with Gasteiger partial charge in [-0.1, -0.05) is 24.3 Å². The van der Waals surface area contributed by atoms with Crippen molar-refractivity contribution in [3.8, 4) is 5.75 Å². The molecule has 0 aliphatic rings. The summed E-state index contributed by atoms with van der Waals surface area (Å²) in [4.78, 5) is 0. The van der Waals surface area contributed by atoms with Gasteiger partial charge in [0.15, 0.2) is 0 Å². The van der Waals surface area contributed by atoms with Crippen LogP contribution in [0, 0.1) is 5.82 Å². The van der Waals surface area contributed by atoms with Gasteiger partial charge in [0.25, 0.3) is 0 Å². The van der Waals surface area contributed by atoms with E-state index in [1.807, 2.05) is 30.3 Å². The van der Waals surface area contributed by atoms with E-state index in [0.29, 0.717) is 0 Å². The molecular formula is C15H17ClFNO. The van der Waals surface area contributed by atoms with Crippen molar-refractivity contribution in [2.24, 2.45) is 0 Å². The third-order valence-electron chi connectivity index (χ3n) is 2.81. The lowest BCUT2D eigenvalue weighted by atomic mass is 10.2. The minimum Gasteiger partial charge on any atom is -1.00 e. The number of hydrogen-bond donors (Lipinski definition) is 1. The minimum atomic E-state index is -0.188. The van der Waals surface area contributed by atoms with Gasteiger partial charge < -0.3 is 22.5 Å². The first kappa shape index (κ1) is 15.5. The quantitative estimate of drug-likeness (QED) is 0.755. The SMILES string of the molecule is COc1cccc(C[NH2+]Cc2ccc(F)cc2)c1.[Cl-]. The van der Waals surface area contributed by atoms with Crippen molar-refractivity contribution in [3.05, 3.63) is 65.5 Å². The second-order valence-electron chi connectivity index (χ2n) is 4.17. The molecule has 0 bridgehead atoms. The standard InChI is InChI=1S/C15H16FNO.ClH/c1-18-15-4-2-3-13(9-15)11-17-10-12-5-7-14(16)8-6-12;/h2-9,17H,10-11H2,1H3;1H. The molecule has 19 heavy (non-hydrogen) atoms. The molecule has 0 spiro atoms. The molecule has 102 valence electrons. The van der Waals surface area contributed by atoms with Gasteiger partial charge in [-0.2, -0.15) is 0 Å². The van der Waals surface area contributed by atoms with Crippen LogP contribution in [0.25, 0.3) is 0 Å². The zero-order chi connectivity index (χ0) is 12.8. The lowest BCUT2D eigenvalue weighted by Crippen LogP contribution is -3.00. The topological polar surface area (TPSA) is 25.8 Å². The zero-order valence-electron chi connectivity index (χ0n) is 10.8. The number of nitrogens with two attached hydrogens (primary N) is 1. The van der Waals surface area contributed by atoms with E-state index >= 15 is 0 Å². The van der Waals surface area contributed by atoms with E-state index in [1.165, 1.54) is 17.7 Å². The monoisotopic (exact) mass is 281 g/mol. The molecule has 0 unspecified atom stereocenters. The maximum Gasteiger partial charge on any atom is 0.123 e. The first-order valence-corrected chi connectivity index (χ1v) is 5.97. The largest absolute Gasteiger partial charge is 1.00 e. The predicted molar refractivity (Wildman–Crippen MR) is 68.7 cm³/mol. The van der Waals surface area contributed by atoms with Gasteiger partial charge in [0, 0.05) is 11.1 Å². The maximum atomic E-state index is 12.7. The number of hydrogen-bond acceptors (Lipinski definition) is 1. The maximum absolute atomic E-state index is 12.7. The molecule has 0 atom stereocenters. The highest BCUT2D eigenvalue weighted by Gasteiger charge is 1.99. The van der Waals surface area contributed by atoms with Crippen LogP contribution in [-0.4, -0.2) is 7.11 Å². The normalized spacial score (nSPS) is 9.79. The number of methoxy groups -OCH3 is 1. The van der Waals surface area contributed by atoms with Crippen molar-refractivity contribution in [1.82, 2.24) is 0 Å². The molecule has 0 aliphatic heterocycles. The summed E-state index contributed by atoms with van der Waals surface area (Å²) in [7, 11) is 1.67. The average molecular weight is 282 g/mol. The number of ether oxygens (including phenoxy) is 1. The van der Waals surface area contributed by atoms with E-state index in [1.54, 1.807) is 7.11 Å². The smallest absolute Gasteiger partial charge is 0.123 e. The Morgan fingerprint density at radius 1 is 1.00 bits per heavy atom. The Balaban J connectivity index is 0.00000180. The summed E-state index contributed by atoms with van der Waals surface area (Å²) in [6.07, 6.45) is 0. The highest BCUT2D eigenvalue weighted by Crippen LogP contribution is 2.11. The van der Waals surface area contributed by atoms with Crippen LogP contribution in [0.15, 0.2) is 48.5 Å². The first-order valence-electron chi connectivity index (χ1n) is 5.97. The Kier molecular flexibility index (Phi) is 6.33. The van der Waals surface area contributed by atoms with Gasteiger partial charge in [0.2, 0.25) is 0 Å². The summed E-state index contributed by atoms with van der Waals surface area (Å²) in [6.45, 7) is 1.73. The summed E-state index contributed by atoms with van der Waals surface area (Å²) >= 11 is 0. The van der Waals surface area contributed by atoms with Crippen LogP contribution in [0.5, 0.6) is 5.75 Å². The van der Waals surface area contributed by atoms with Crippen molar-refractivity contribution >= 4 is 0 Å². The van der Waals surface area contributed by atoms with Gasteiger partial charge in [-0.15, -0.1) is 0 Å². The summed E-state index contributed by atoms with van der Waals surface area (Å²) < 4.78 is 17.9. The Bertz CT molecular complexity index is 502. The number of quaternary nitrogens is 1. The van der Waals surface area contributed by atoms with Gasteiger partial charge in [-0.3, -0.25) is 0 Å². The predicted octanol–water partition coefficient (Wildman–Crippen LogP) is -0.898. The summed E-state index contributed by atoms with van der Waals surface area (Å²) in [5, 5.41) is 2.18. The Morgan fingerprint density at radius 3 is 2.37 bits per heavy atom. The second kappa shape index (κ2) is 7.77. The Morgan fingerprint density at radius 2 is 1.68 bits per heavy atom. The minimum absolute atomic E-state index is 0. The molecule has 2 aromatic rings. The van der Waals surface area contributed by atoms with Gasteiger partial charge in [-0.05, 0) is 24.3 Å². The number of halogens is 2. The van der Waals surface area contributed by atoms with Crippen molar-refractivity contribution in [1.29, 1.82) is 0 Å². The molecule has 2 aromatic carbocycles. The fraction of sp³-hybridized carbons (Fsp3) is 0.200. The fourth-order valence-electron chi connectivity index (χ4n) is 1.83. The molecule has 0 heterocycles. The van der Waals surface area contributed by atoms with Gasteiger partial charge in [0.05, 0.1) is 7.11 Å². The van der Waals surface area contributed by atoms with Gasteiger partial charge >= 0.3 is 0 Å². The first-order chi connectivity index (χ1) is 8.78. The van der Waals surface area contributed by atoms with Crippen molar-refractivity contribution in [2.45, 2.75) is 13.1 Å². The molecule has 0 saturated carbocycles. The summed E-state index contributed by atoms with van der Waals surface area (Å²) in [6, 6.07) is 14.6. The van der Waals surface area contributed by atoms with E-state index in [0.717, 1.165) is 24.4 Å². The highest BCUT2D eigenvalue weighted by atomic mass is 35.5. The van der Waals surface area contributed by atoms with Crippen LogP contribution in [0.1, 0.15) is 11.1 Å². The van der Waals surface area contributed by atoms with E-state index < -0.39 is 0 Å². The summed E-state index contributed by atoms with van der Waals surface area (Å²) in [5.41, 5.74) is 2.34. The zero-order valence-corrected chi connectivity index (χ0v) is 11.5. The van der Waals surface area contributed by atoms with Crippen LogP contribution in [0.4, 0.5) is 4.39 Å². The second-order valence-corrected chi connectivity index (χ2v) is 4.17. The van der Waals surface area contributed by atoms with Crippen LogP contribution in [0.2, 0.25) is 0 Å². The van der Waals surface area contributed by atoms with Gasteiger partial charge in [-0.25, -0.2) is 4.39 Å². The van der Waals surface area contributed by atoms with Crippen LogP contribution < -0.4 is 22.5 Å². The lowest BCUT2D eigenvalue weighted by Gasteiger charge is -2.04. The van der Waals surface area contributed by atoms with E-state index in [9.17, 15) is 4.39 Å². The van der Waals surface area contributed by atoms with Crippen LogP contribution >= 0.6 is 0 Å². The van der Waals surface area contributed by atoms with E-state index in [2.05, 4.69) is 11.4 Å². The average Bonchev–Trinajstić information content (AvgIpc) is 2.41. The lowest BCUT2D eigenvalue weighted by molar-refractivity contribution is -0.686. The molecule has 0 radical (unpaired) electrons. The molecule has 0 aromatic heterocycles. The molecule has 0 amide bonds. The molecule has 4 heteroatoms. The van der Waals surface area contributed by atoms with Crippen molar-refractivity contribution < 1.29 is 26.9 Å². The molecule has 2 rings (SSSR count). The molecular weight excluding hydrogens is 265 g/mol. The fourth-order valence-corrected chi connectivity index (χ4v) is 1.83.